The van der Waals surface area contributed by atoms with E-state index in [2.05, 4.69) is 62.4 Å². The van der Waals surface area contributed by atoms with Gasteiger partial charge in [0.15, 0.2) is 0 Å². The van der Waals surface area contributed by atoms with Gasteiger partial charge in [0.25, 0.3) is 0 Å². The van der Waals surface area contributed by atoms with Crippen molar-refractivity contribution in [1.29, 1.82) is 0 Å². The second kappa shape index (κ2) is 6.32. The molecule has 2 aromatic carbocycles. The number of hydrogen-bond donors (Lipinski definition) is 0. The lowest BCUT2D eigenvalue weighted by Crippen LogP contribution is -2.23. The molecular weight excluding hydrogens is 271 g/mol. The monoisotopic (exact) mass is 297 g/mol. The summed E-state index contributed by atoms with van der Waals surface area (Å²) < 4.78 is 0. The van der Waals surface area contributed by atoms with Crippen molar-refractivity contribution in [2.75, 3.05) is 12.3 Å². The zero-order valence-electron chi connectivity index (χ0n) is 13.3. The van der Waals surface area contributed by atoms with Gasteiger partial charge in [0.05, 0.1) is 19.6 Å². The predicted molar refractivity (Wildman–Crippen MR) is 97.6 cm³/mol. The van der Waals surface area contributed by atoms with Gasteiger partial charge in [0, 0.05) is 11.1 Å². The highest BCUT2D eigenvalue weighted by molar-refractivity contribution is 7.90. The maximum Gasteiger partial charge on any atom is 0.107 e. The second-order valence-corrected chi connectivity index (χ2v) is 9.95. The molecule has 0 unspecified atom stereocenters. The van der Waals surface area contributed by atoms with E-state index in [1.807, 2.05) is 0 Å². The van der Waals surface area contributed by atoms with Gasteiger partial charge in [-0.3, -0.25) is 0 Å². The number of benzene rings is 2. The van der Waals surface area contributed by atoms with Crippen LogP contribution in [0.1, 0.15) is 39.5 Å². The van der Waals surface area contributed by atoms with Crippen LogP contribution in [0.2, 0.25) is 0 Å². The van der Waals surface area contributed by atoms with Gasteiger partial charge >= 0.3 is 0 Å². The van der Waals surface area contributed by atoms with Crippen LogP contribution in [-0.2, 0) is 0 Å². The number of rotatable bonds is 6. The lowest BCUT2D eigenvalue weighted by molar-refractivity contribution is 0.867. The lowest BCUT2D eigenvalue weighted by atomic mass is 10.1. The summed E-state index contributed by atoms with van der Waals surface area (Å²) in [4.78, 5) is 0. The van der Waals surface area contributed by atoms with Gasteiger partial charge in [-0.05, 0) is 25.0 Å². The Labute approximate surface area is 129 Å². The van der Waals surface area contributed by atoms with Gasteiger partial charge in [-0.15, -0.1) is 0 Å². The molecule has 0 saturated heterocycles. The molecule has 1 heterocycles. The molecule has 1 aliphatic rings. The molecular formula is C20H26P+. The summed E-state index contributed by atoms with van der Waals surface area (Å²) in [6.07, 6.45) is 8.13. The third-order valence-electron chi connectivity index (χ3n) is 4.81. The van der Waals surface area contributed by atoms with Crippen molar-refractivity contribution >= 4 is 17.9 Å². The summed E-state index contributed by atoms with van der Waals surface area (Å²) in [6, 6.07) is 18.4. The van der Waals surface area contributed by atoms with Crippen LogP contribution in [0.3, 0.4) is 0 Å². The van der Waals surface area contributed by atoms with E-state index in [1.165, 1.54) is 49.1 Å². The Balaban J connectivity index is 2.16. The Morgan fingerprint density at radius 1 is 0.667 bits per heavy atom. The minimum absolute atomic E-state index is 1.16. The maximum absolute atomic E-state index is 2.43. The highest BCUT2D eigenvalue weighted by atomic mass is 31.2. The lowest BCUT2D eigenvalue weighted by Gasteiger charge is -2.24. The first kappa shape index (κ1) is 14.8. The second-order valence-electron chi connectivity index (χ2n) is 6.16. The van der Waals surface area contributed by atoms with Crippen LogP contribution in [0, 0.1) is 0 Å². The molecule has 0 amide bonds. The van der Waals surface area contributed by atoms with E-state index in [1.54, 1.807) is 10.6 Å². The first-order valence-corrected chi connectivity index (χ1v) is 10.6. The van der Waals surface area contributed by atoms with Crippen molar-refractivity contribution < 1.29 is 0 Å². The number of hydrogen-bond acceptors (Lipinski definition) is 0. The molecule has 0 radical (unpaired) electrons. The van der Waals surface area contributed by atoms with Gasteiger partial charge in [0.2, 0.25) is 0 Å². The fourth-order valence-corrected chi connectivity index (χ4v) is 8.94. The molecule has 0 aromatic heterocycles. The molecule has 2 aromatic rings. The van der Waals surface area contributed by atoms with Gasteiger partial charge < -0.3 is 0 Å². The largest absolute Gasteiger partial charge is 0.107 e. The Morgan fingerprint density at radius 2 is 1.10 bits per heavy atom. The summed E-state index contributed by atoms with van der Waals surface area (Å²) in [6.45, 7) is 4.65. The molecule has 1 aliphatic heterocycles. The van der Waals surface area contributed by atoms with Crippen molar-refractivity contribution in [2.45, 2.75) is 39.5 Å². The van der Waals surface area contributed by atoms with Crippen molar-refractivity contribution in [2.24, 2.45) is 0 Å². The zero-order valence-corrected chi connectivity index (χ0v) is 14.2. The maximum atomic E-state index is 2.43. The van der Waals surface area contributed by atoms with E-state index in [0.29, 0.717) is 0 Å². The highest BCUT2D eigenvalue weighted by Gasteiger charge is 2.49. The molecule has 0 fully saturated rings. The van der Waals surface area contributed by atoms with Crippen molar-refractivity contribution in [1.82, 2.24) is 0 Å². The minimum atomic E-state index is -1.16. The van der Waals surface area contributed by atoms with E-state index in [0.717, 1.165) is 0 Å². The summed E-state index contributed by atoms with van der Waals surface area (Å²) in [5, 5.41) is 3.38. The Bertz CT molecular complexity index is 559. The first-order valence-electron chi connectivity index (χ1n) is 8.40. The predicted octanol–water partition coefficient (Wildman–Crippen LogP) is 5.24. The average molecular weight is 297 g/mol. The molecule has 0 N–H and O–H groups in total. The molecule has 0 bridgehead atoms. The first-order chi connectivity index (χ1) is 10.3. The standard InChI is InChI=1S/C20H26P/c1-3-5-15-21(16-6-4-2)19-13-9-7-11-17(19)18-12-8-10-14-20(18)21/h7-14H,3-6,15-16H2,1-2H3/q+1. The molecule has 3 rings (SSSR count). The van der Waals surface area contributed by atoms with E-state index in [4.69, 9.17) is 0 Å². The molecule has 21 heavy (non-hydrogen) atoms. The number of fused-ring (bicyclic) bond motifs is 3. The van der Waals surface area contributed by atoms with Crippen molar-refractivity contribution in [3.63, 3.8) is 0 Å². The third kappa shape index (κ3) is 2.44. The average Bonchev–Trinajstić information content (AvgIpc) is 2.82. The Morgan fingerprint density at radius 3 is 1.52 bits per heavy atom. The molecule has 0 spiro atoms. The topological polar surface area (TPSA) is 0 Å². The SMILES string of the molecule is CCCC[P+]1(CCCC)c2ccccc2-c2ccccc21. The van der Waals surface area contributed by atoms with Crippen LogP contribution in [0.15, 0.2) is 48.5 Å². The fraction of sp³-hybridized carbons (Fsp3) is 0.400. The van der Waals surface area contributed by atoms with Crippen LogP contribution < -0.4 is 10.6 Å². The van der Waals surface area contributed by atoms with Crippen LogP contribution in [-0.4, -0.2) is 12.3 Å². The van der Waals surface area contributed by atoms with Crippen molar-refractivity contribution in [3.8, 4) is 11.1 Å². The fourth-order valence-electron chi connectivity index (χ4n) is 3.73. The summed E-state index contributed by atoms with van der Waals surface area (Å²) in [5.74, 6) is 0. The van der Waals surface area contributed by atoms with Gasteiger partial charge in [-0.25, -0.2) is 0 Å². The van der Waals surface area contributed by atoms with E-state index < -0.39 is 7.26 Å². The zero-order chi connectivity index (χ0) is 14.7. The minimum Gasteiger partial charge on any atom is -0.0652 e. The van der Waals surface area contributed by atoms with Crippen LogP contribution in [0.25, 0.3) is 11.1 Å². The van der Waals surface area contributed by atoms with Gasteiger partial charge in [-0.2, -0.15) is 0 Å². The smallest absolute Gasteiger partial charge is 0.0652 e. The van der Waals surface area contributed by atoms with Crippen LogP contribution in [0.5, 0.6) is 0 Å². The van der Waals surface area contributed by atoms with Crippen LogP contribution in [0.4, 0.5) is 0 Å². The van der Waals surface area contributed by atoms with E-state index >= 15 is 0 Å². The molecule has 0 atom stereocenters. The van der Waals surface area contributed by atoms with E-state index in [9.17, 15) is 0 Å². The summed E-state index contributed by atoms with van der Waals surface area (Å²) in [5.41, 5.74) is 3.04. The highest BCUT2D eigenvalue weighted by Crippen LogP contribution is 2.64. The quantitative estimate of drug-likeness (QED) is 0.640. The Hall–Kier alpha value is -1.13. The molecule has 0 nitrogen and oxygen atoms in total. The van der Waals surface area contributed by atoms with Gasteiger partial charge in [0.1, 0.15) is 10.6 Å². The normalized spacial score (nSPS) is 14.8. The van der Waals surface area contributed by atoms with Crippen LogP contribution >= 0.6 is 7.26 Å². The molecule has 0 saturated carbocycles. The summed E-state index contributed by atoms with van der Waals surface area (Å²) in [7, 11) is -1.16. The van der Waals surface area contributed by atoms with E-state index in [-0.39, 0.29) is 0 Å². The van der Waals surface area contributed by atoms with Crippen molar-refractivity contribution in [3.05, 3.63) is 48.5 Å². The third-order valence-corrected chi connectivity index (χ3v) is 9.59. The molecule has 1 heteroatoms. The summed E-state index contributed by atoms with van der Waals surface area (Å²) >= 11 is 0. The van der Waals surface area contributed by atoms with Gasteiger partial charge in [-0.1, -0.05) is 63.1 Å². The molecule has 0 aliphatic carbocycles. The number of unbranched alkanes of at least 4 members (excludes halogenated alkanes) is 2. The molecule has 110 valence electrons. The Kier molecular flexibility index (Phi) is 4.45.